The maximum Gasteiger partial charge on any atom is 0.323 e. The first-order valence-corrected chi connectivity index (χ1v) is 8.41. The second-order valence-electron chi connectivity index (χ2n) is 5.19. The first-order chi connectivity index (χ1) is 10.5. The minimum Gasteiger partial charge on any atom is -0.295 e. The van der Waals surface area contributed by atoms with Gasteiger partial charge >= 0.3 is 10.2 Å². The van der Waals surface area contributed by atoms with Crippen LogP contribution in [0.4, 0.5) is 11.4 Å². The highest BCUT2D eigenvalue weighted by Gasteiger charge is 2.29. The topological polar surface area (TPSA) is 66.5 Å². The number of carbonyl (C=O) groups is 1. The quantitative estimate of drug-likeness (QED) is 0.882. The fraction of sp³-hybridized carbons (Fsp3) is 0.188. The summed E-state index contributed by atoms with van der Waals surface area (Å²) in [5.74, 6) is -0.104. The first-order valence-electron chi connectivity index (χ1n) is 6.97. The van der Waals surface area contributed by atoms with Gasteiger partial charge in [-0.2, -0.15) is 8.42 Å². The Labute approximate surface area is 129 Å². The Morgan fingerprint density at radius 2 is 1.91 bits per heavy atom. The number of benzene rings is 2. The third kappa shape index (κ3) is 2.69. The molecule has 0 atom stereocenters. The first kappa shape index (κ1) is 14.6. The van der Waals surface area contributed by atoms with E-state index in [-0.39, 0.29) is 5.78 Å². The SMILES string of the molecule is CC(=O)c1cccc(NS(=O)(=O)N2CCc3ccccc32)c1. The monoisotopic (exact) mass is 316 g/mol. The summed E-state index contributed by atoms with van der Waals surface area (Å²) in [7, 11) is -3.70. The van der Waals surface area contributed by atoms with Crippen LogP contribution in [0.2, 0.25) is 0 Å². The number of nitrogens with zero attached hydrogens (tertiary/aromatic N) is 1. The molecule has 6 heteroatoms. The number of hydrogen-bond acceptors (Lipinski definition) is 3. The Balaban J connectivity index is 1.89. The number of ketones is 1. The largest absolute Gasteiger partial charge is 0.323 e. The molecule has 0 aromatic heterocycles. The lowest BCUT2D eigenvalue weighted by Gasteiger charge is -2.20. The van der Waals surface area contributed by atoms with E-state index in [1.807, 2.05) is 18.2 Å². The third-order valence-corrected chi connectivity index (χ3v) is 5.10. The number of rotatable bonds is 4. The van der Waals surface area contributed by atoms with Crippen LogP contribution in [0.3, 0.4) is 0 Å². The maximum atomic E-state index is 12.6. The summed E-state index contributed by atoms with van der Waals surface area (Å²) in [6.07, 6.45) is 0.699. The van der Waals surface area contributed by atoms with Crippen LogP contribution in [0, 0.1) is 0 Å². The van der Waals surface area contributed by atoms with Crippen LogP contribution in [0.25, 0.3) is 0 Å². The van der Waals surface area contributed by atoms with Gasteiger partial charge < -0.3 is 0 Å². The number of Topliss-reactive ketones (excluding diaryl/α,β-unsaturated/α-hetero) is 1. The van der Waals surface area contributed by atoms with Gasteiger partial charge in [0.05, 0.1) is 11.4 Å². The zero-order valence-corrected chi connectivity index (χ0v) is 12.9. The number of anilines is 2. The molecule has 0 unspecified atom stereocenters. The van der Waals surface area contributed by atoms with Gasteiger partial charge in [-0.15, -0.1) is 0 Å². The predicted octanol–water partition coefficient (Wildman–Crippen LogP) is 2.61. The van der Waals surface area contributed by atoms with Crippen LogP contribution in [-0.2, 0) is 16.6 Å². The van der Waals surface area contributed by atoms with Crippen molar-refractivity contribution in [2.75, 3.05) is 15.6 Å². The molecular weight excluding hydrogens is 300 g/mol. The molecule has 0 spiro atoms. The molecule has 5 nitrogen and oxygen atoms in total. The lowest BCUT2D eigenvalue weighted by Crippen LogP contribution is -2.34. The molecule has 0 amide bonds. The van der Waals surface area contributed by atoms with Crippen molar-refractivity contribution in [1.29, 1.82) is 0 Å². The van der Waals surface area contributed by atoms with Gasteiger partial charge in [0.25, 0.3) is 0 Å². The van der Waals surface area contributed by atoms with Crippen LogP contribution in [0.1, 0.15) is 22.8 Å². The molecule has 1 heterocycles. The molecule has 0 radical (unpaired) electrons. The number of para-hydroxylation sites is 1. The Morgan fingerprint density at radius 3 is 2.68 bits per heavy atom. The van der Waals surface area contributed by atoms with Gasteiger partial charge in [0.1, 0.15) is 0 Å². The van der Waals surface area contributed by atoms with Crippen LogP contribution in [0.15, 0.2) is 48.5 Å². The molecule has 1 aliphatic rings. The maximum absolute atomic E-state index is 12.6. The average molecular weight is 316 g/mol. The van der Waals surface area contributed by atoms with E-state index in [2.05, 4.69) is 4.72 Å². The normalized spacial score (nSPS) is 13.8. The molecule has 22 heavy (non-hydrogen) atoms. The zero-order valence-electron chi connectivity index (χ0n) is 12.1. The molecule has 2 aromatic rings. The number of hydrogen-bond donors (Lipinski definition) is 1. The molecule has 114 valence electrons. The average Bonchev–Trinajstić information content (AvgIpc) is 2.91. The molecular formula is C16H16N2O3S. The molecule has 2 aromatic carbocycles. The van der Waals surface area contributed by atoms with Crippen LogP contribution < -0.4 is 9.03 Å². The second kappa shape index (κ2) is 5.46. The predicted molar refractivity (Wildman–Crippen MR) is 86.5 cm³/mol. The molecule has 1 N–H and O–H groups in total. The molecule has 1 aliphatic heterocycles. The van der Waals surface area contributed by atoms with Gasteiger partial charge in [0, 0.05) is 12.1 Å². The van der Waals surface area contributed by atoms with Gasteiger partial charge in [-0.05, 0) is 37.1 Å². The van der Waals surface area contributed by atoms with Gasteiger partial charge in [-0.3, -0.25) is 13.8 Å². The Morgan fingerprint density at radius 1 is 1.14 bits per heavy atom. The highest BCUT2D eigenvalue weighted by molar-refractivity contribution is 7.94. The summed E-state index contributed by atoms with van der Waals surface area (Å²) in [5.41, 5.74) is 2.59. The fourth-order valence-electron chi connectivity index (χ4n) is 2.56. The number of carbonyl (C=O) groups excluding carboxylic acids is 1. The molecule has 3 rings (SSSR count). The van der Waals surface area contributed by atoms with Crippen molar-refractivity contribution in [3.8, 4) is 0 Å². The van der Waals surface area contributed by atoms with E-state index in [0.717, 1.165) is 5.56 Å². The van der Waals surface area contributed by atoms with Crippen LogP contribution >= 0.6 is 0 Å². The molecule has 0 aliphatic carbocycles. The molecule has 0 fully saturated rings. The highest BCUT2D eigenvalue weighted by atomic mass is 32.2. The van der Waals surface area contributed by atoms with Gasteiger partial charge in [-0.25, -0.2) is 0 Å². The lowest BCUT2D eigenvalue weighted by atomic mass is 10.1. The highest BCUT2D eigenvalue weighted by Crippen LogP contribution is 2.30. The molecule has 0 bridgehead atoms. The van der Waals surface area contributed by atoms with E-state index in [1.54, 1.807) is 30.3 Å². The smallest absolute Gasteiger partial charge is 0.295 e. The van der Waals surface area contributed by atoms with Crippen molar-refractivity contribution in [3.05, 3.63) is 59.7 Å². The summed E-state index contributed by atoms with van der Waals surface area (Å²) in [5, 5.41) is 0. The summed E-state index contributed by atoms with van der Waals surface area (Å²) in [6, 6.07) is 13.9. The number of nitrogens with one attached hydrogen (secondary N) is 1. The van der Waals surface area contributed by atoms with E-state index in [4.69, 9.17) is 0 Å². The number of fused-ring (bicyclic) bond motifs is 1. The van der Waals surface area contributed by atoms with E-state index < -0.39 is 10.2 Å². The zero-order chi connectivity index (χ0) is 15.7. The summed E-state index contributed by atoms with van der Waals surface area (Å²) in [6.45, 7) is 1.87. The van der Waals surface area contributed by atoms with Gasteiger partial charge in [0.15, 0.2) is 5.78 Å². The van der Waals surface area contributed by atoms with Crippen molar-refractivity contribution in [2.45, 2.75) is 13.3 Å². The Kier molecular flexibility index (Phi) is 3.62. The van der Waals surface area contributed by atoms with E-state index in [1.165, 1.54) is 11.2 Å². The van der Waals surface area contributed by atoms with E-state index >= 15 is 0 Å². The molecule has 0 saturated carbocycles. The van der Waals surface area contributed by atoms with Crippen molar-refractivity contribution in [3.63, 3.8) is 0 Å². The van der Waals surface area contributed by atoms with Gasteiger partial charge in [0.2, 0.25) is 0 Å². The lowest BCUT2D eigenvalue weighted by molar-refractivity contribution is 0.101. The molecule has 0 saturated heterocycles. The van der Waals surface area contributed by atoms with Crippen molar-refractivity contribution < 1.29 is 13.2 Å². The van der Waals surface area contributed by atoms with Crippen molar-refractivity contribution in [1.82, 2.24) is 0 Å². The van der Waals surface area contributed by atoms with Crippen molar-refractivity contribution >= 4 is 27.4 Å². The Bertz CT molecular complexity index is 831. The van der Waals surface area contributed by atoms with Crippen LogP contribution in [-0.4, -0.2) is 20.7 Å². The summed E-state index contributed by atoms with van der Waals surface area (Å²) < 4.78 is 29.1. The van der Waals surface area contributed by atoms with E-state index in [9.17, 15) is 13.2 Å². The van der Waals surface area contributed by atoms with Gasteiger partial charge in [-0.1, -0.05) is 30.3 Å². The van der Waals surface area contributed by atoms with E-state index in [0.29, 0.717) is 29.9 Å². The third-order valence-electron chi connectivity index (χ3n) is 3.65. The second-order valence-corrected chi connectivity index (χ2v) is 6.79. The van der Waals surface area contributed by atoms with Crippen molar-refractivity contribution in [2.24, 2.45) is 0 Å². The van der Waals surface area contributed by atoms with Crippen LogP contribution in [0.5, 0.6) is 0 Å². The standard InChI is InChI=1S/C16H16N2O3S/c1-12(19)14-6-4-7-15(11-14)17-22(20,21)18-10-9-13-5-2-3-8-16(13)18/h2-8,11,17H,9-10H2,1H3. The summed E-state index contributed by atoms with van der Waals surface area (Å²) in [4.78, 5) is 11.4. The fourth-order valence-corrected chi connectivity index (χ4v) is 3.87. The summed E-state index contributed by atoms with van der Waals surface area (Å²) >= 11 is 0. The minimum absolute atomic E-state index is 0.104. The Hall–Kier alpha value is -2.34. The minimum atomic E-state index is -3.70.